The molecule has 0 N–H and O–H groups in total. The van der Waals surface area contributed by atoms with Crippen molar-refractivity contribution in [1.29, 1.82) is 5.26 Å². The molecule has 0 amide bonds. The number of nitrogens with zero attached hydrogens (tertiary/aromatic N) is 2. The van der Waals surface area contributed by atoms with Gasteiger partial charge in [-0.1, -0.05) is 6.42 Å². The Hall–Kier alpha value is -0.550. The third kappa shape index (κ3) is 1.37. The molecule has 2 nitrogen and oxygen atoms in total. The second-order valence-corrected chi connectivity index (χ2v) is 7.29. The van der Waals surface area contributed by atoms with Gasteiger partial charge in [-0.2, -0.15) is 5.26 Å². The molecule has 4 saturated carbocycles. The van der Waals surface area contributed by atoms with Crippen LogP contribution in [0.15, 0.2) is 0 Å². The molecule has 4 aliphatic carbocycles. The standard InChI is InChI=1S/C16H24N2/c17-11-16(18-4-2-1-3-5-18)14-7-12-6-13(9-14)10-15(16)8-12/h12-15H,1-10H2. The minimum absolute atomic E-state index is 0.0478. The average Bonchev–Trinajstić information content (AvgIpc) is 2.40. The van der Waals surface area contributed by atoms with Crippen molar-refractivity contribution in [3.63, 3.8) is 0 Å². The molecule has 0 atom stereocenters. The first-order valence-corrected chi connectivity index (χ1v) is 7.99. The predicted molar refractivity (Wildman–Crippen MR) is 70.8 cm³/mol. The highest BCUT2D eigenvalue weighted by atomic mass is 15.2. The van der Waals surface area contributed by atoms with E-state index in [2.05, 4.69) is 11.0 Å². The van der Waals surface area contributed by atoms with Crippen LogP contribution in [0.5, 0.6) is 0 Å². The third-order valence-electron chi connectivity index (χ3n) is 6.44. The molecule has 1 heterocycles. The zero-order valence-corrected chi connectivity index (χ0v) is 11.3. The minimum atomic E-state index is -0.0478. The van der Waals surface area contributed by atoms with Crippen LogP contribution >= 0.6 is 0 Å². The lowest BCUT2D eigenvalue weighted by molar-refractivity contribution is -0.110. The number of hydrogen-bond donors (Lipinski definition) is 0. The van der Waals surface area contributed by atoms with Gasteiger partial charge < -0.3 is 0 Å². The van der Waals surface area contributed by atoms with E-state index >= 15 is 0 Å². The topological polar surface area (TPSA) is 27.0 Å². The molecule has 5 fully saturated rings. The zero-order valence-electron chi connectivity index (χ0n) is 11.3. The number of nitriles is 1. The molecule has 1 saturated heterocycles. The Bertz CT molecular complexity index is 342. The molecule has 0 aromatic carbocycles. The molecule has 0 unspecified atom stereocenters. The van der Waals surface area contributed by atoms with E-state index in [1.54, 1.807) is 0 Å². The first-order valence-electron chi connectivity index (χ1n) is 7.99. The van der Waals surface area contributed by atoms with Crippen LogP contribution in [-0.4, -0.2) is 23.5 Å². The van der Waals surface area contributed by atoms with Gasteiger partial charge in [0.2, 0.25) is 0 Å². The summed E-state index contributed by atoms with van der Waals surface area (Å²) in [5.74, 6) is 3.35. The fourth-order valence-corrected chi connectivity index (χ4v) is 5.94. The smallest absolute Gasteiger partial charge is 0.114 e. The molecular weight excluding hydrogens is 220 g/mol. The molecule has 98 valence electrons. The Labute approximate surface area is 110 Å². The second-order valence-electron chi connectivity index (χ2n) is 7.29. The molecule has 0 spiro atoms. The molecule has 0 aromatic heterocycles. The summed E-state index contributed by atoms with van der Waals surface area (Å²) in [5, 5.41) is 10.0. The third-order valence-corrected chi connectivity index (χ3v) is 6.44. The quantitative estimate of drug-likeness (QED) is 0.708. The van der Waals surface area contributed by atoms with Crippen LogP contribution in [0.2, 0.25) is 0 Å². The minimum Gasteiger partial charge on any atom is -0.285 e. The highest BCUT2D eigenvalue weighted by molar-refractivity contribution is 5.22. The first kappa shape index (κ1) is 11.3. The van der Waals surface area contributed by atoms with Gasteiger partial charge in [-0.05, 0) is 81.7 Å². The number of likely N-dealkylation sites (tertiary alicyclic amines) is 1. The van der Waals surface area contributed by atoms with Gasteiger partial charge in [-0.15, -0.1) is 0 Å². The van der Waals surface area contributed by atoms with Crippen molar-refractivity contribution in [2.45, 2.75) is 56.9 Å². The van der Waals surface area contributed by atoms with Crippen molar-refractivity contribution >= 4 is 0 Å². The van der Waals surface area contributed by atoms with Gasteiger partial charge in [0.25, 0.3) is 0 Å². The van der Waals surface area contributed by atoms with E-state index in [1.807, 2.05) is 0 Å². The molecule has 0 aromatic rings. The molecule has 2 heteroatoms. The Morgan fingerprint density at radius 2 is 1.39 bits per heavy atom. The van der Waals surface area contributed by atoms with Crippen molar-refractivity contribution in [1.82, 2.24) is 4.90 Å². The van der Waals surface area contributed by atoms with Crippen LogP contribution in [0.25, 0.3) is 0 Å². The van der Waals surface area contributed by atoms with Crippen molar-refractivity contribution < 1.29 is 0 Å². The lowest BCUT2D eigenvalue weighted by Crippen LogP contribution is -2.66. The van der Waals surface area contributed by atoms with Gasteiger partial charge in [0.05, 0.1) is 6.07 Å². The maximum Gasteiger partial charge on any atom is 0.114 e. The summed E-state index contributed by atoms with van der Waals surface area (Å²) in [6, 6.07) is 2.86. The summed E-state index contributed by atoms with van der Waals surface area (Å²) in [4.78, 5) is 2.61. The highest BCUT2D eigenvalue weighted by Crippen LogP contribution is 2.60. The Morgan fingerprint density at radius 3 is 1.89 bits per heavy atom. The summed E-state index contributed by atoms with van der Waals surface area (Å²) >= 11 is 0. The fraction of sp³-hybridized carbons (Fsp3) is 0.938. The van der Waals surface area contributed by atoms with Crippen molar-refractivity contribution in [3.05, 3.63) is 0 Å². The maximum absolute atomic E-state index is 10.0. The lowest BCUT2D eigenvalue weighted by Gasteiger charge is -2.62. The average molecular weight is 244 g/mol. The van der Waals surface area contributed by atoms with Crippen LogP contribution in [-0.2, 0) is 0 Å². The molecule has 4 bridgehead atoms. The van der Waals surface area contributed by atoms with Gasteiger partial charge in [0.1, 0.15) is 5.54 Å². The maximum atomic E-state index is 10.0. The molecule has 18 heavy (non-hydrogen) atoms. The second kappa shape index (κ2) is 3.97. The number of hydrogen-bond acceptors (Lipinski definition) is 2. The summed E-state index contributed by atoms with van der Waals surface area (Å²) in [6.07, 6.45) is 10.9. The van der Waals surface area contributed by atoms with Gasteiger partial charge in [-0.3, -0.25) is 4.90 Å². The molecule has 5 aliphatic rings. The molecule has 1 aliphatic heterocycles. The Kier molecular flexibility index (Phi) is 2.49. The van der Waals surface area contributed by atoms with Crippen LogP contribution in [0.1, 0.15) is 51.4 Å². The van der Waals surface area contributed by atoms with E-state index in [-0.39, 0.29) is 5.54 Å². The predicted octanol–water partition coefficient (Wildman–Crippen LogP) is 3.19. The summed E-state index contributed by atoms with van der Waals surface area (Å²) in [6.45, 7) is 2.38. The largest absolute Gasteiger partial charge is 0.285 e. The Morgan fingerprint density at radius 1 is 0.833 bits per heavy atom. The molecule has 0 radical (unpaired) electrons. The first-order chi connectivity index (χ1) is 8.83. The van der Waals surface area contributed by atoms with Gasteiger partial charge >= 0.3 is 0 Å². The summed E-state index contributed by atoms with van der Waals surface area (Å²) in [7, 11) is 0. The Balaban J connectivity index is 1.69. The monoisotopic (exact) mass is 244 g/mol. The normalized spacial score (nSPS) is 51.3. The summed E-state index contributed by atoms with van der Waals surface area (Å²) < 4.78 is 0. The number of rotatable bonds is 1. The lowest BCUT2D eigenvalue weighted by atomic mass is 9.48. The zero-order chi connectivity index (χ0) is 12.2. The molecule has 5 rings (SSSR count). The van der Waals surface area contributed by atoms with Crippen LogP contribution in [0.3, 0.4) is 0 Å². The van der Waals surface area contributed by atoms with E-state index in [9.17, 15) is 5.26 Å². The number of piperidine rings is 1. The highest BCUT2D eigenvalue weighted by Gasteiger charge is 2.60. The molecular formula is C16H24N2. The van der Waals surface area contributed by atoms with Gasteiger partial charge in [-0.25, -0.2) is 0 Å². The van der Waals surface area contributed by atoms with Crippen LogP contribution in [0, 0.1) is 35.0 Å². The van der Waals surface area contributed by atoms with Crippen LogP contribution in [0.4, 0.5) is 0 Å². The van der Waals surface area contributed by atoms with E-state index < -0.39 is 0 Å². The van der Waals surface area contributed by atoms with E-state index in [0.29, 0.717) is 11.8 Å². The van der Waals surface area contributed by atoms with E-state index in [0.717, 1.165) is 11.8 Å². The summed E-state index contributed by atoms with van der Waals surface area (Å²) in [5.41, 5.74) is -0.0478. The van der Waals surface area contributed by atoms with Gasteiger partial charge in [0.15, 0.2) is 0 Å². The van der Waals surface area contributed by atoms with Crippen LogP contribution < -0.4 is 0 Å². The fourth-order valence-electron chi connectivity index (χ4n) is 5.94. The van der Waals surface area contributed by atoms with Crippen molar-refractivity contribution in [2.24, 2.45) is 23.7 Å². The van der Waals surface area contributed by atoms with E-state index in [4.69, 9.17) is 0 Å². The van der Waals surface area contributed by atoms with Crippen molar-refractivity contribution in [3.8, 4) is 6.07 Å². The van der Waals surface area contributed by atoms with Gasteiger partial charge in [0, 0.05) is 0 Å². The van der Waals surface area contributed by atoms with Crippen molar-refractivity contribution in [2.75, 3.05) is 13.1 Å². The SMILES string of the molecule is N#CC1(N2CCCCC2)C2CC3CC(C2)CC1C3. The van der Waals surface area contributed by atoms with E-state index in [1.165, 1.54) is 64.5 Å².